The number of rotatable bonds is 6. The molecule has 5 rings (SSSR count). The van der Waals surface area contributed by atoms with Crippen LogP contribution in [0, 0.1) is 29.6 Å². The molecule has 0 bridgehead atoms. The van der Waals surface area contributed by atoms with Crippen LogP contribution in [0.3, 0.4) is 0 Å². The molecule has 6 nitrogen and oxygen atoms in total. The molecule has 0 radical (unpaired) electrons. The molecule has 5 aliphatic carbocycles. The van der Waals surface area contributed by atoms with Crippen molar-refractivity contribution in [2.45, 2.75) is 89.2 Å². The second kappa shape index (κ2) is 10.2. The van der Waals surface area contributed by atoms with Crippen molar-refractivity contribution >= 4 is 17.5 Å². The summed E-state index contributed by atoms with van der Waals surface area (Å²) < 4.78 is 11.3. The number of esters is 1. The Morgan fingerprint density at radius 2 is 1.78 bits per heavy atom. The third-order valence-corrected chi connectivity index (χ3v) is 10.3. The molecule has 36 heavy (non-hydrogen) atoms. The van der Waals surface area contributed by atoms with Crippen molar-refractivity contribution in [3.8, 4) is 0 Å². The van der Waals surface area contributed by atoms with E-state index in [9.17, 15) is 14.4 Å². The third kappa shape index (κ3) is 4.42. The summed E-state index contributed by atoms with van der Waals surface area (Å²) in [6.07, 6.45) is 12.6. The lowest BCUT2D eigenvalue weighted by molar-refractivity contribution is -0.175. The first-order valence-electron chi connectivity index (χ1n) is 14.1. The average molecular weight is 498 g/mol. The van der Waals surface area contributed by atoms with Crippen molar-refractivity contribution in [1.82, 2.24) is 4.90 Å². The molecule has 0 N–H and O–H groups in total. The van der Waals surface area contributed by atoms with Gasteiger partial charge in [-0.2, -0.15) is 0 Å². The van der Waals surface area contributed by atoms with E-state index in [1.807, 2.05) is 6.08 Å². The van der Waals surface area contributed by atoms with Gasteiger partial charge in [0.25, 0.3) is 0 Å². The molecular weight excluding hydrogens is 454 g/mol. The Morgan fingerprint density at radius 3 is 2.44 bits per heavy atom. The van der Waals surface area contributed by atoms with E-state index in [0.29, 0.717) is 42.6 Å². The zero-order valence-corrected chi connectivity index (χ0v) is 22.5. The molecule has 198 valence electrons. The first-order valence-corrected chi connectivity index (χ1v) is 14.1. The van der Waals surface area contributed by atoms with Gasteiger partial charge in [-0.3, -0.25) is 14.4 Å². The minimum atomic E-state index is -1.06. The van der Waals surface area contributed by atoms with Gasteiger partial charge in [0.15, 0.2) is 11.4 Å². The summed E-state index contributed by atoms with van der Waals surface area (Å²) in [6.45, 7) is 1.42. The van der Waals surface area contributed by atoms with E-state index >= 15 is 0 Å². The Labute approximate surface area is 215 Å². The fourth-order valence-electron chi connectivity index (χ4n) is 8.82. The van der Waals surface area contributed by atoms with E-state index in [1.54, 1.807) is 12.7 Å². The Morgan fingerprint density at radius 1 is 1.03 bits per heavy atom. The molecule has 0 aromatic heterocycles. The Balaban J connectivity index is 1.55. The monoisotopic (exact) mass is 497 g/mol. The number of carbonyl (C=O) groups is 3. The van der Waals surface area contributed by atoms with E-state index < -0.39 is 5.60 Å². The fourth-order valence-corrected chi connectivity index (χ4v) is 8.82. The predicted molar refractivity (Wildman–Crippen MR) is 137 cm³/mol. The van der Waals surface area contributed by atoms with Gasteiger partial charge >= 0.3 is 5.97 Å². The van der Waals surface area contributed by atoms with Gasteiger partial charge in [0.2, 0.25) is 5.78 Å². The Bertz CT molecular complexity index is 972. The number of nitrogens with zero attached hydrogens (tertiary/aromatic N) is 1. The largest absolute Gasteiger partial charge is 0.451 e. The maximum Gasteiger partial charge on any atom is 0.303 e. The number of carbonyl (C=O) groups excluding carboxylic acids is 3. The summed E-state index contributed by atoms with van der Waals surface area (Å²) in [5.41, 5.74) is 3.31. The molecule has 3 saturated carbocycles. The molecule has 0 aliphatic heterocycles. The van der Waals surface area contributed by atoms with Crippen molar-refractivity contribution in [2.75, 3.05) is 27.8 Å². The van der Waals surface area contributed by atoms with Crippen LogP contribution in [0.5, 0.6) is 0 Å². The second-order valence-electron chi connectivity index (χ2n) is 12.2. The van der Waals surface area contributed by atoms with E-state index in [2.05, 4.69) is 19.0 Å². The lowest BCUT2D eigenvalue weighted by Gasteiger charge is -2.51. The van der Waals surface area contributed by atoms with Crippen molar-refractivity contribution in [3.63, 3.8) is 0 Å². The lowest BCUT2D eigenvalue weighted by Crippen LogP contribution is -2.53. The molecule has 0 heterocycles. The highest BCUT2D eigenvalue weighted by atomic mass is 16.6. The normalized spacial score (nSPS) is 38.2. The standard InChI is InChI=1S/C30H43NO5/c1-18(32)36-30(28(34)17-35-4)14-13-24-25-11-7-20-15-22(33)10-12-23(20)29(25)26(16-27(24)30)19-5-8-21(9-6-19)31(2)3/h15,19,21,24-27H,5-14,16-17H2,1-4H3/t19?,21?,24?,25?,26-,27?,30-/m1/s1. The molecule has 0 aromatic rings. The highest BCUT2D eigenvalue weighted by Crippen LogP contribution is 2.62. The van der Waals surface area contributed by atoms with Gasteiger partial charge in [-0.05, 0) is 119 Å². The first-order chi connectivity index (χ1) is 17.2. The van der Waals surface area contributed by atoms with Crippen molar-refractivity contribution in [2.24, 2.45) is 29.6 Å². The molecule has 5 aliphatic rings. The molecular formula is C30H43NO5. The van der Waals surface area contributed by atoms with Crippen LogP contribution in [0.15, 0.2) is 22.8 Å². The molecule has 3 unspecified atom stereocenters. The fraction of sp³-hybridized carbons (Fsp3) is 0.767. The summed E-state index contributed by atoms with van der Waals surface area (Å²) in [4.78, 5) is 40.4. The van der Waals surface area contributed by atoms with Crippen molar-refractivity contribution < 1.29 is 23.9 Å². The number of fused-ring (bicyclic) bond motifs is 4. The molecule has 6 heteroatoms. The number of hydrogen-bond acceptors (Lipinski definition) is 6. The van der Waals surface area contributed by atoms with Crippen LogP contribution >= 0.6 is 0 Å². The van der Waals surface area contributed by atoms with Crippen molar-refractivity contribution in [3.05, 3.63) is 22.8 Å². The molecule has 0 aromatic carbocycles. The van der Waals surface area contributed by atoms with E-state index in [0.717, 1.165) is 32.1 Å². The van der Waals surface area contributed by atoms with Crippen molar-refractivity contribution in [1.29, 1.82) is 0 Å². The maximum atomic E-state index is 13.5. The Kier molecular flexibility index (Phi) is 7.30. The molecule has 3 fully saturated rings. The minimum Gasteiger partial charge on any atom is -0.451 e. The van der Waals surface area contributed by atoms with Gasteiger partial charge in [0, 0.05) is 32.4 Å². The van der Waals surface area contributed by atoms with Crippen LogP contribution in [-0.4, -0.2) is 61.9 Å². The number of ether oxygens (including phenoxy) is 2. The molecule has 5 atom stereocenters. The summed E-state index contributed by atoms with van der Waals surface area (Å²) in [6, 6.07) is 0.634. The van der Waals surface area contributed by atoms with Gasteiger partial charge < -0.3 is 14.4 Å². The zero-order valence-electron chi connectivity index (χ0n) is 22.5. The first kappa shape index (κ1) is 25.8. The quantitative estimate of drug-likeness (QED) is 0.497. The number of allylic oxidation sites excluding steroid dienone is 4. The number of Topliss-reactive ketones (excluding diaryl/α,β-unsaturated/α-hetero) is 1. The number of ketones is 2. The second-order valence-corrected chi connectivity index (χ2v) is 12.2. The highest BCUT2D eigenvalue weighted by Gasteiger charge is 2.61. The van der Waals surface area contributed by atoms with Gasteiger partial charge in [0.05, 0.1) is 0 Å². The summed E-state index contributed by atoms with van der Waals surface area (Å²) >= 11 is 0. The number of hydrogen-bond donors (Lipinski definition) is 0. The molecule has 0 amide bonds. The highest BCUT2D eigenvalue weighted by molar-refractivity contribution is 5.93. The van der Waals surface area contributed by atoms with Gasteiger partial charge in [-0.25, -0.2) is 0 Å². The van der Waals surface area contributed by atoms with Crippen LogP contribution in [-0.2, 0) is 23.9 Å². The van der Waals surface area contributed by atoms with Gasteiger partial charge in [0.1, 0.15) is 6.61 Å². The third-order valence-electron chi connectivity index (χ3n) is 10.3. The molecule has 0 spiro atoms. The van der Waals surface area contributed by atoms with Crippen LogP contribution in [0.2, 0.25) is 0 Å². The Hall–Kier alpha value is -1.79. The van der Waals surface area contributed by atoms with Crippen LogP contribution in [0.4, 0.5) is 0 Å². The van der Waals surface area contributed by atoms with E-state index in [1.165, 1.54) is 43.8 Å². The van der Waals surface area contributed by atoms with E-state index in [-0.39, 0.29) is 30.1 Å². The van der Waals surface area contributed by atoms with Crippen LogP contribution in [0.1, 0.15) is 77.6 Å². The summed E-state index contributed by atoms with van der Waals surface area (Å²) in [5, 5.41) is 0. The van der Waals surface area contributed by atoms with E-state index in [4.69, 9.17) is 9.47 Å². The maximum absolute atomic E-state index is 13.5. The minimum absolute atomic E-state index is 0.0112. The topological polar surface area (TPSA) is 72.9 Å². The van der Waals surface area contributed by atoms with Crippen LogP contribution in [0.25, 0.3) is 0 Å². The smallest absolute Gasteiger partial charge is 0.303 e. The van der Waals surface area contributed by atoms with Crippen LogP contribution < -0.4 is 0 Å². The SMILES string of the molecule is COCC(=O)[C@@]1(OC(C)=O)CCC2C3CCC4=CC(=O)CCC4=C3[C@@H](C3CCC(N(C)C)CC3)CC21. The molecule has 0 saturated heterocycles. The predicted octanol–water partition coefficient (Wildman–Crippen LogP) is 4.67. The average Bonchev–Trinajstić information content (AvgIpc) is 3.22. The zero-order chi connectivity index (χ0) is 25.6. The summed E-state index contributed by atoms with van der Waals surface area (Å²) in [5.74, 6) is 1.63. The lowest BCUT2D eigenvalue weighted by atomic mass is 9.54. The number of methoxy groups -OCH3 is 1. The van der Waals surface area contributed by atoms with Gasteiger partial charge in [-0.1, -0.05) is 5.57 Å². The summed E-state index contributed by atoms with van der Waals surface area (Å²) in [7, 11) is 5.91. The van der Waals surface area contributed by atoms with Gasteiger partial charge in [-0.15, -0.1) is 0 Å².